The molecule has 0 aromatic rings. The van der Waals surface area contributed by atoms with Gasteiger partial charge >= 0.3 is 0 Å². The molecule has 0 amide bonds. The molecule has 0 aromatic heterocycles. The van der Waals surface area contributed by atoms with Crippen molar-refractivity contribution in [3.05, 3.63) is 6.92 Å². The topological polar surface area (TPSA) is 0 Å². The normalized spacial score (nSPS) is 31.9. The summed E-state index contributed by atoms with van der Waals surface area (Å²) in [5.41, 5.74) is 0.438. The Morgan fingerprint density at radius 1 is 1.37 bits per heavy atom. The van der Waals surface area contributed by atoms with E-state index >= 15 is 0 Å². The minimum absolute atomic E-state index is 0. The van der Waals surface area contributed by atoms with E-state index in [1.165, 1.54) is 32.1 Å². The first kappa shape index (κ1) is 20.5. The second kappa shape index (κ2) is 8.18. The van der Waals surface area contributed by atoms with E-state index in [1.807, 2.05) is 0 Å². The zero-order valence-electron chi connectivity index (χ0n) is 13.7. The molecule has 4 unspecified atom stereocenters. The summed E-state index contributed by atoms with van der Waals surface area (Å²) >= 11 is 5.17. The maximum Gasteiger partial charge on any atom is 0.0162 e. The third-order valence-electron chi connectivity index (χ3n) is 5.29. The van der Waals surface area contributed by atoms with Gasteiger partial charge in [-0.25, -0.2) is 0 Å². The molecule has 19 heavy (non-hydrogen) atoms. The predicted octanol–water partition coefficient (Wildman–Crippen LogP) is 5.78. The summed E-state index contributed by atoms with van der Waals surface area (Å²) in [4.78, 5) is 0. The van der Waals surface area contributed by atoms with Gasteiger partial charge in [-0.2, -0.15) is 19.0 Å². The van der Waals surface area contributed by atoms with E-state index in [1.54, 1.807) is 0 Å². The smallest absolute Gasteiger partial charge is 0.0162 e. The summed E-state index contributed by atoms with van der Waals surface area (Å²) in [6.07, 6.45) is 7.72. The van der Waals surface area contributed by atoms with Crippen molar-refractivity contribution in [1.82, 2.24) is 0 Å². The quantitative estimate of drug-likeness (QED) is 0.452. The fourth-order valence-electron chi connectivity index (χ4n) is 4.28. The van der Waals surface area contributed by atoms with E-state index < -0.39 is 0 Å². The van der Waals surface area contributed by atoms with Gasteiger partial charge in [0.2, 0.25) is 0 Å². The average Bonchev–Trinajstić information content (AvgIpc) is 2.60. The van der Waals surface area contributed by atoms with Crippen LogP contribution in [0, 0.1) is 30.1 Å². The molecule has 4 atom stereocenters. The Morgan fingerprint density at radius 3 is 2.32 bits per heavy atom. The van der Waals surface area contributed by atoms with Crippen LogP contribution >= 0.6 is 12.6 Å². The Bertz CT molecular complexity index is 262. The van der Waals surface area contributed by atoms with Gasteiger partial charge in [-0.05, 0) is 36.5 Å². The maximum atomic E-state index is 5.17. The molecular formula is C17H33SY-. The molecule has 1 saturated carbocycles. The molecule has 1 fully saturated rings. The number of thiol groups is 1. The van der Waals surface area contributed by atoms with Crippen molar-refractivity contribution < 1.29 is 32.7 Å². The van der Waals surface area contributed by atoms with Gasteiger partial charge in [0.15, 0.2) is 0 Å². The van der Waals surface area contributed by atoms with Crippen molar-refractivity contribution in [1.29, 1.82) is 0 Å². The summed E-state index contributed by atoms with van der Waals surface area (Å²) in [7, 11) is 0. The molecule has 0 spiro atoms. The summed E-state index contributed by atoms with van der Waals surface area (Å²) in [6.45, 7) is 16.0. The summed E-state index contributed by atoms with van der Waals surface area (Å²) in [5, 5.41) is 0. The van der Waals surface area contributed by atoms with Gasteiger partial charge in [0.1, 0.15) is 0 Å². The average molecular weight is 358 g/mol. The minimum atomic E-state index is 0. The first-order valence-corrected chi connectivity index (χ1v) is 8.21. The second-order valence-corrected chi connectivity index (χ2v) is 8.41. The second-order valence-electron chi connectivity index (χ2n) is 7.42. The van der Waals surface area contributed by atoms with E-state index in [4.69, 9.17) is 12.6 Å². The van der Waals surface area contributed by atoms with E-state index in [-0.39, 0.29) is 37.5 Å². The fourth-order valence-corrected chi connectivity index (χ4v) is 5.02. The van der Waals surface area contributed by atoms with Gasteiger partial charge in [0, 0.05) is 37.5 Å². The molecule has 1 radical (unpaired) electrons. The van der Waals surface area contributed by atoms with Gasteiger partial charge in [-0.1, -0.05) is 53.4 Å². The minimum Gasteiger partial charge on any atom is -0.343 e. The number of rotatable bonds is 6. The Hall–Kier alpha value is 1.45. The Morgan fingerprint density at radius 2 is 1.95 bits per heavy atom. The molecule has 0 nitrogen and oxygen atoms in total. The molecule has 2 heteroatoms. The third-order valence-corrected chi connectivity index (χ3v) is 5.92. The Kier molecular flexibility index (Phi) is 8.81. The Balaban J connectivity index is 0.00000324. The summed E-state index contributed by atoms with van der Waals surface area (Å²) < 4.78 is 0.157. The van der Waals surface area contributed by atoms with Gasteiger partial charge in [0.25, 0.3) is 0 Å². The molecule has 0 bridgehead atoms. The molecule has 0 heterocycles. The molecule has 1 aliphatic carbocycles. The van der Waals surface area contributed by atoms with E-state index in [0.717, 1.165) is 18.3 Å². The monoisotopic (exact) mass is 358 g/mol. The first-order valence-electron chi connectivity index (χ1n) is 7.77. The molecule has 1 rings (SSSR count). The van der Waals surface area contributed by atoms with Crippen LogP contribution in [-0.2, 0) is 32.7 Å². The van der Waals surface area contributed by atoms with Crippen LogP contribution in [-0.4, -0.2) is 4.75 Å². The fraction of sp³-hybridized carbons (Fsp3) is 0.941. The molecule has 0 aliphatic heterocycles. The van der Waals surface area contributed by atoms with Crippen LogP contribution in [0.15, 0.2) is 0 Å². The zero-order chi connectivity index (χ0) is 14.0. The van der Waals surface area contributed by atoms with Crippen molar-refractivity contribution in [3.63, 3.8) is 0 Å². The Labute approximate surface area is 152 Å². The molecule has 111 valence electrons. The molecule has 1 aliphatic rings. The zero-order valence-corrected chi connectivity index (χ0v) is 17.4. The number of hydrogen-bond donors (Lipinski definition) is 1. The van der Waals surface area contributed by atoms with Crippen LogP contribution in [0.25, 0.3) is 0 Å². The van der Waals surface area contributed by atoms with Crippen LogP contribution < -0.4 is 0 Å². The van der Waals surface area contributed by atoms with Gasteiger partial charge in [0.05, 0.1) is 0 Å². The van der Waals surface area contributed by atoms with E-state index in [0.29, 0.717) is 11.3 Å². The van der Waals surface area contributed by atoms with Crippen LogP contribution in [0.2, 0.25) is 0 Å². The van der Waals surface area contributed by atoms with Gasteiger partial charge < -0.3 is 6.92 Å². The van der Waals surface area contributed by atoms with Gasteiger partial charge in [-0.15, -0.1) is 0 Å². The van der Waals surface area contributed by atoms with Gasteiger partial charge in [-0.3, -0.25) is 0 Å². The molecular weight excluding hydrogens is 325 g/mol. The van der Waals surface area contributed by atoms with Crippen LogP contribution in [0.4, 0.5) is 0 Å². The number of hydrogen-bond acceptors (Lipinski definition) is 1. The standard InChI is InChI=1S/C17H33S.Y/c1-7-14(4)12-16(6,18)17(11-13(2)3)10-8-9-15(17)5;/h13-15,18H,1,7-12H2,2-6H3;/q-1;. The van der Waals surface area contributed by atoms with Crippen molar-refractivity contribution in [2.75, 3.05) is 0 Å². The SMILES string of the molecule is [CH2-]CC(C)CC(C)(S)C1(CC(C)C)CCCC1C.[Y]. The largest absolute Gasteiger partial charge is 0.343 e. The van der Waals surface area contributed by atoms with Crippen molar-refractivity contribution >= 4 is 12.6 Å². The van der Waals surface area contributed by atoms with Crippen molar-refractivity contribution in [3.8, 4) is 0 Å². The molecule has 0 saturated heterocycles. The van der Waals surface area contributed by atoms with Crippen molar-refractivity contribution in [2.24, 2.45) is 23.2 Å². The maximum absolute atomic E-state index is 5.17. The summed E-state index contributed by atoms with van der Waals surface area (Å²) in [6, 6.07) is 0. The summed E-state index contributed by atoms with van der Waals surface area (Å²) in [5.74, 6) is 2.27. The van der Waals surface area contributed by atoms with Crippen LogP contribution in [0.5, 0.6) is 0 Å². The van der Waals surface area contributed by atoms with Crippen LogP contribution in [0.1, 0.15) is 73.1 Å². The van der Waals surface area contributed by atoms with E-state index in [9.17, 15) is 0 Å². The third kappa shape index (κ3) is 4.71. The van der Waals surface area contributed by atoms with E-state index in [2.05, 4.69) is 41.5 Å². The van der Waals surface area contributed by atoms with Crippen LogP contribution in [0.3, 0.4) is 0 Å². The van der Waals surface area contributed by atoms with Crippen molar-refractivity contribution in [2.45, 2.75) is 77.9 Å². The molecule has 0 aromatic carbocycles. The first-order chi connectivity index (χ1) is 8.25. The predicted molar refractivity (Wildman–Crippen MR) is 86.0 cm³/mol. The molecule has 0 N–H and O–H groups in total.